The number of halogens is 1. The van der Waals surface area contributed by atoms with Crippen LogP contribution in [0.15, 0.2) is 45.6 Å². The first-order valence-corrected chi connectivity index (χ1v) is 10.00. The van der Waals surface area contributed by atoms with E-state index >= 15 is 0 Å². The maximum Gasteiger partial charge on any atom is 0.288 e. The monoisotopic (exact) mass is 411 g/mol. The van der Waals surface area contributed by atoms with E-state index in [1.165, 1.54) is 12.1 Å². The van der Waals surface area contributed by atoms with E-state index < -0.39 is 23.2 Å². The molecule has 1 aliphatic rings. The topological polar surface area (TPSA) is 77.8 Å². The number of carbonyl (C=O) groups excluding carboxylic acids is 1. The predicted molar refractivity (Wildman–Crippen MR) is 110 cm³/mol. The Morgan fingerprint density at radius 3 is 2.67 bits per heavy atom. The highest BCUT2D eigenvalue weighted by Crippen LogP contribution is 2.36. The van der Waals surface area contributed by atoms with Crippen LogP contribution in [0.4, 0.5) is 4.39 Å². The number of fused-ring (bicyclic) bond motifs is 2. The van der Waals surface area contributed by atoms with E-state index in [1.807, 2.05) is 6.92 Å². The lowest BCUT2D eigenvalue weighted by molar-refractivity contribution is 0.0938. The minimum absolute atomic E-state index is 0.0506. The Labute approximate surface area is 172 Å². The van der Waals surface area contributed by atoms with Crippen LogP contribution >= 0.6 is 0 Å². The SMILES string of the molecule is CCCCOc1ccc(C2NC(=O)c3oc4ccc(F)cc4c(=O)c32)cc1OCC. The molecule has 156 valence electrons. The lowest BCUT2D eigenvalue weighted by Crippen LogP contribution is -2.22. The van der Waals surface area contributed by atoms with Crippen LogP contribution in [0.1, 0.15) is 54.4 Å². The molecule has 0 aliphatic carbocycles. The van der Waals surface area contributed by atoms with Crippen molar-refractivity contribution in [1.29, 1.82) is 0 Å². The summed E-state index contributed by atoms with van der Waals surface area (Å²) >= 11 is 0. The third kappa shape index (κ3) is 3.51. The van der Waals surface area contributed by atoms with Crippen LogP contribution in [0, 0.1) is 5.82 Å². The summed E-state index contributed by atoms with van der Waals surface area (Å²) in [4.78, 5) is 25.6. The van der Waals surface area contributed by atoms with Crippen LogP contribution < -0.4 is 20.2 Å². The van der Waals surface area contributed by atoms with Crippen LogP contribution in [0.25, 0.3) is 11.0 Å². The molecule has 6 nitrogen and oxygen atoms in total. The van der Waals surface area contributed by atoms with Gasteiger partial charge < -0.3 is 19.2 Å². The second-order valence-corrected chi connectivity index (χ2v) is 7.06. The van der Waals surface area contributed by atoms with Gasteiger partial charge in [-0.3, -0.25) is 9.59 Å². The zero-order valence-corrected chi connectivity index (χ0v) is 16.8. The Kier molecular flexibility index (Phi) is 5.44. The summed E-state index contributed by atoms with van der Waals surface area (Å²) in [5.74, 6) is 0.0527. The second-order valence-electron chi connectivity index (χ2n) is 7.06. The number of nitrogens with one attached hydrogen (secondary N) is 1. The Bertz CT molecular complexity index is 1170. The van der Waals surface area contributed by atoms with E-state index in [2.05, 4.69) is 12.2 Å². The molecule has 3 aromatic rings. The van der Waals surface area contributed by atoms with Crippen molar-refractivity contribution in [2.75, 3.05) is 13.2 Å². The fourth-order valence-electron chi connectivity index (χ4n) is 3.55. The molecule has 7 heteroatoms. The summed E-state index contributed by atoms with van der Waals surface area (Å²) in [5, 5.41) is 2.88. The predicted octanol–water partition coefficient (Wildman–Crippen LogP) is 4.34. The molecular formula is C23H22FNO5. The molecule has 2 heterocycles. The van der Waals surface area contributed by atoms with Crippen molar-refractivity contribution >= 4 is 16.9 Å². The third-order valence-electron chi connectivity index (χ3n) is 5.01. The number of ether oxygens (including phenoxy) is 2. The van der Waals surface area contributed by atoms with Gasteiger partial charge in [-0.2, -0.15) is 0 Å². The molecule has 4 rings (SSSR count). The standard InChI is InChI=1S/C23H22FNO5/c1-3-5-10-29-17-8-6-13(11-18(17)28-4-2)20-19-21(26)15-12-14(24)7-9-16(15)30-22(19)23(27)25-20/h6-9,11-12,20H,3-5,10H2,1-2H3,(H,25,27). The molecule has 0 saturated carbocycles. The number of unbranched alkanes of at least 4 members (excludes halogenated alkanes) is 1. The highest BCUT2D eigenvalue weighted by molar-refractivity contribution is 5.99. The van der Waals surface area contributed by atoms with Gasteiger partial charge >= 0.3 is 0 Å². The van der Waals surface area contributed by atoms with Gasteiger partial charge in [0.25, 0.3) is 5.91 Å². The second kappa shape index (κ2) is 8.18. The molecule has 30 heavy (non-hydrogen) atoms. The van der Waals surface area contributed by atoms with E-state index in [0.717, 1.165) is 18.9 Å². The van der Waals surface area contributed by atoms with Gasteiger partial charge in [0.1, 0.15) is 11.4 Å². The fourth-order valence-corrected chi connectivity index (χ4v) is 3.55. The summed E-state index contributed by atoms with van der Waals surface area (Å²) in [6, 6.07) is 8.23. The average Bonchev–Trinajstić information content (AvgIpc) is 3.07. The van der Waals surface area contributed by atoms with Gasteiger partial charge in [0.05, 0.1) is 30.2 Å². The lowest BCUT2D eigenvalue weighted by atomic mass is 9.99. The van der Waals surface area contributed by atoms with Gasteiger partial charge in [0.2, 0.25) is 5.76 Å². The van der Waals surface area contributed by atoms with Crippen LogP contribution in [0.2, 0.25) is 0 Å². The largest absolute Gasteiger partial charge is 0.490 e. The Morgan fingerprint density at radius 1 is 1.07 bits per heavy atom. The van der Waals surface area contributed by atoms with E-state index in [-0.39, 0.29) is 22.3 Å². The molecule has 1 amide bonds. The summed E-state index contributed by atoms with van der Waals surface area (Å²) in [7, 11) is 0. The van der Waals surface area contributed by atoms with Crippen LogP contribution in [0.3, 0.4) is 0 Å². The molecule has 2 aromatic carbocycles. The van der Waals surface area contributed by atoms with Gasteiger partial charge in [0.15, 0.2) is 16.9 Å². The van der Waals surface area contributed by atoms with Crippen molar-refractivity contribution in [1.82, 2.24) is 5.32 Å². The number of hydrogen-bond acceptors (Lipinski definition) is 5. The Hall–Kier alpha value is -3.35. The van der Waals surface area contributed by atoms with Gasteiger partial charge in [-0.15, -0.1) is 0 Å². The number of benzene rings is 2. The first-order valence-electron chi connectivity index (χ1n) is 10.00. The van der Waals surface area contributed by atoms with Crippen molar-refractivity contribution < 1.29 is 23.1 Å². The summed E-state index contributed by atoms with van der Waals surface area (Å²) in [5.41, 5.74) is 0.553. The Morgan fingerprint density at radius 2 is 1.90 bits per heavy atom. The van der Waals surface area contributed by atoms with Crippen molar-refractivity contribution in [2.45, 2.75) is 32.7 Å². The quantitative estimate of drug-likeness (QED) is 0.585. The van der Waals surface area contributed by atoms with Crippen molar-refractivity contribution in [2.24, 2.45) is 0 Å². The average molecular weight is 411 g/mol. The molecule has 1 unspecified atom stereocenters. The summed E-state index contributed by atoms with van der Waals surface area (Å²) in [6.07, 6.45) is 1.93. The smallest absolute Gasteiger partial charge is 0.288 e. The minimum atomic E-state index is -0.722. The lowest BCUT2D eigenvalue weighted by Gasteiger charge is -2.16. The van der Waals surface area contributed by atoms with E-state index in [4.69, 9.17) is 13.9 Å². The van der Waals surface area contributed by atoms with Gasteiger partial charge in [-0.25, -0.2) is 4.39 Å². The zero-order valence-electron chi connectivity index (χ0n) is 16.8. The van der Waals surface area contributed by atoms with Gasteiger partial charge in [-0.1, -0.05) is 19.4 Å². The maximum absolute atomic E-state index is 13.7. The molecule has 0 fully saturated rings. The molecule has 1 aliphatic heterocycles. The minimum Gasteiger partial charge on any atom is -0.490 e. The molecule has 0 bridgehead atoms. The molecular weight excluding hydrogens is 389 g/mol. The molecule has 1 N–H and O–H groups in total. The van der Waals surface area contributed by atoms with E-state index in [0.29, 0.717) is 30.3 Å². The number of hydrogen-bond donors (Lipinski definition) is 1. The number of amides is 1. The van der Waals surface area contributed by atoms with Crippen LogP contribution in [-0.2, 0) is 0 Å². The summed E-state index contributed by atoms with van der Waals surface area (Å²) < 4.78 is 30.8. The van der Waals surface area contributed by atoms with E-state index in [1.54, 1.807) is 18.2 Å². The first kappa shape index (κ1) is 19.9. The third-order valence-corrected chi connectivity index (χ3v) is 5.01. The van der Waals surface area contributed by atoms with Crippen molar-refractivity contribution in [3.05, 3.63) is 69.3 Å². The zero-order chi connectivity index (χ0) is 21.3. The summed E-state index contributed by atoms with van der Waals surface area (Å²) in [6.45, 7) is 4.95. The maximum atomic E-state index is 13.7. The highest BCUT2D eigenvalue weighted by Gasteiger charge is 2.36. The number of carbonyl (C=O) groups is 1. The molecule has 1 aromatic heterocycles. The highest BCUT2D eigenvalue weighted by atomic mass is 19.1. The molecule has 0 spiro atoms. The van der Waals surface area contributed by atoms with Crippen molar-refractivity contribution in [3.8, 4) is 11.5 Å². The normalized spacial score (nSPS) is 15.2. The van der Waals surface area contributed by atoms with Crippen LogP contribution in [0.5, 0.6) is 11.5 Å². The fraction of sp³-hybridized carbons (Fsp3) is 0.304. The van der Waals surface area contributed by atoms with Gasteiger partial charge in [-0.05, 0) is 49.2 Å². The molecule has 0 saturated heterocycles. The molecule has 1 atom stereocenters. The molecule has 0 radical (unpaired) electrons. The first-order chi connectivity index (χ1) is 14.5. The Balaban J connectivity index is 1.78. The van der Waals surface area contributed by atoms with Crippen molar-refractivity contribution in [3.63, 3.8) is 0 Å². The van der Waals surface area contributed by atoms with Crippen LogP contribution in [-0.4, -0.2) is 19.1 Å². The van der Waals surface area contributed by atoms with E-state index in [9.17, 15) is 14.0 Å². The van der Waals surface area contributed by atoms with Gasteiger partial charge in [0, 0.05) is 0 Å². The number of rotatable bonds is 7.